The Bertz CT molecular complexity index is 736. The Hall–Kier alpha value is -2.14. The van der Waals surface area contributed by atoms with E-state index in [0.29, 0.717) is 11.9 Å². The fourth-order valence-corrected chi connectivity index (χ4v) is 4.20. The Kier molecular flexibility index (Phi) is 4.34. The first kappa shape index (κ1) is 16.3. The highest BCUT2D eigenvalue weighted by atomic mass is 16.5. The Morgan fingerprint density at radius 1 is 1.12 bits per heavy atom. The molecule has 0 saturated carbocycles. The van der Waals surface area contributed by atoms with E-state index < -0.39 is 0 Å². The zero-order valence-electron chi connectivity index (χ0n) is 14.9. The van der Waals surface area contributed by atoms with Gasteiger partial charge in [-0.15, -0.1) is 0 Å². The first-order valence-electron chi connectivity index (χ1n) is 9.10. The molecule has 0 aliphatic carbocycles. The zero-order chi connectivity index (χ0) is 17.4. The Morgan fingerprint density at radius 3 is 2.64 bits per heavy atom. The molecule has 3 aliphatic rings. The number of nitrogens with zero attached hydrogens (tertiary/aromatic N) is 3. The largest absolute Gasteiger partial charge is 0.361 e. The summed E-state index contributed by atoms with van der Waals surface area (Å²) in [5.74, 6) is 1.32. The summed E-state index contributed by atoms with van der Waals surface area (Å²) in [7, 11) is 0. The maximum absolute atomic E-state index is 13.0. The molecule has 2 bridgehead atoms. The Morgan fingerprint density at radius 2 is 1.92 bits per heavy atom. The average molecular weight is 339 g/mol. The van der Waals surface area contributed by atoms with Gasteiger partial charge in [-0.25, -0.2) is 0 Å². The number of carbonyl (C=O) groups is 1. The number of benzene rings is 1. The molecule has 3 saturated heterocycles. The molecule has 0 N–H and O–H groups in total. The van der Waals surface area contributed by atoms with Gasteiger partial charge in [0.15, 0.2) is 0 Å². The van der Waals surface area contributed by atoms with E-state index in [1.807, 2.05) is 32.0 Å². The van der Waals surface area contributed by atoms with Crippen LogP contribution in [0.3, 0.4) is 0 Å². The lowest BCUT2D eigenvalue weighted by Gasteiger charge is -2.36. The van der Waals surface area contributed by atoms with Crippen LogP contribution in [0.4, 0.5) is 0 Å². The van der Waals surface area contributed by atoms with Gasteiger partial charge < -0.3 is 9.42 Å². The van der Waals surface area contributed by atoms with Gasteiger partial charge in [-0.2, -0.15) is 0 Å². The molecule has 132 valence electrons. The fourth-order valence-electron chi connectivity index (χ4n) is 4.20. The van der Waals surface area contributed by atoms with Gasteiger partial charge in [0.2, 0.25) is 5.91 Å². The van der Waals surface area contributed by atoms with Gasteiger partial charge in [-0.3, -0.25) is 9.69 Å². The quantitative estimate of drug-likeness (QED) is 0.859. The third-order valence-corrected chi connectivity index (χ3v) is 5.63. The second-order valence-electron chi connectivity index (χ2n) is 7.38. The van der Waals surface area contributed by atoms with Crippen molar-refractivity contribution in [2.45, 2.75) is 45.8 Å². The summed E-state index contributed by atoms with van der Waals surface area (Å²) in [5.41, 5.74) is 3.34. The summed E-state index contributed by atoms with van der Waals surface area (Å²) in [5, 5.41) is 4.07. The van der Waals surface area contributed by atoms with Crippen molar-refractivity contribution < 1.29 is 9.32 Å². The van der Waals surface area contributed by atoms with Gasteiger partial charge in [0, 0.05) is 37.8 Å². The molecule has 0 radical (unpaired) electrons. The summed E-state index contributed by atoms with van der Waals surface area (Å²) >= 11 is 0. The second-order valence-corrected chi connectivity index (χ2v) is 7.38. The molecule has 4 heterocycles. The summed E-state index contributed by atoms with van der Waals surface area (Å²) in [4.78, 5) is 17.5. The lowest BCUT2D eigenvalue weighted by Crippen LogP contribution is -2.47. The van der Waals surface area contributed by atoms with Crippen LogP contribution in [0.5, 0.6) is 0 Å². The highest BCUT2D eigenvalue weighted by molar-refractivity contribution is 5.80. The number of hydrogen-bond acceptors (Lipinski definition) is 4. The number of carbonyl (C=O) groups excluding carboxylic acids is 1. The number of amides is 1. The highest BCUT2D eigenvalue weighted by Gasteiger charge is 2.40. The van der Waals surface area contributed by atoms with E-state index in [0.717, 1.165) is 50.5 Å². The molecule has 3 fully saturated rings. The van der Waals surface area contributed by atoms with Crippen LogP contribution in [0.1, 0.15) is 35.4 Å². The lowest BCUT2D eigenvalue weighted by molar-refractivity contribution is -0.140. The van der Waals surface area contributed by atoms with E-state index in [9.17, 15) is 4.79 Å². The maximum Gasteiger partial charge on any atom is 0.227 e. The van der Waals surface area contributed by atoms with Crippen molar-refractivity contribution in [2.75, 3.05) is 13.1 Å². The van der Waals surface area contributed by atoms with Crippen LogP contribution in [0.25, 0.3) is 0 Å². The number of rotatable bonds is 4. The zero-order valence-corrected chi connectivity index (χ0v) is 14.9. The van der Waals surface area contributed by atoms with E-state index in [1.54, 1.807) is 0 Å². The predicted molar refractivity (Wildman–Crippen MR) is 94.8 cm³/mol. The van der Waals surface area contributed by atoms with Gasteiger partial charge in [0.1, 0.15) is 5.76 Å². The molecular formula is C20H25N3O2. The number of aromatic nitrogens is 1. The summed E-state index contributed by atoms with van der Waals surface area (Å²) < 4.78 is 5.30. The molecule has 0 unspecified atom stereocenters. The molecule has 5 nitrogen and oxygen atoms in total. The van der Waals surface area contributed by atoms with Gasteiger partial charge in [-0.1, -0.05) is 35.5 Å². The minimum atomic E-state index is 0.114. The normalized spacial score (nSPS) is 23.9. The Balaban J connectivity index is 1.52. The van der Waals surface area contributed by atoms with E-state index in [2.05, 4.69) is 27.1 Å². The van der Waals surface area contributed by atoms with Crippen LogP contribution < -0.4 is 0 Å². The van der Waals surface area contributed by atoms with Crippen LogP contribution in [-0.2, 0) is 17.9 Å². The van der Waals surface area contributed by atoms with Crippen LogP contribution >= 0.6 is 0 Å². The van der Waals surface area contributed by atoms with Gasteiger partial charge >= 0.3 is 0 Å². The SMILES string of the molecule is Cc1noc(C)c1CN1C[C@@H]2CC[C@H](C1)N(Cc1ccccc1)C2=O. The number of fused-ring (bicyclic) bond motifs is 4. The van der Waals surface area contributed by atoms with Crippen molar-refractivity contribution in [1.29, 1.82) is 0 Å². The second kappa shape index (κ2) is 6.64. The van der Waals surface area contributed by atoms with E-state index in [4.69, 9.17) is 4.52 Å². The van der Waals surface area contributed by atoms with E-state index in [-0.39, 0.29) is 5.92 Å². The minimum Gasteiger partial charge on any atom is -0.361 e. The van der Waals surface area contributed by atoms with Crippen molar-refractivity contribution in [3.63, 3.8) is 0 Å². The first-order chi connectivity index (χ1) is 12.1. The summed E-state index contributed by atoms with van der Waals surface area (Å²) in [6.07, 6.45) is 2.11. The number of hydrogen-bond donors (Lipinski definition) is 0. The molecule has 1 amide bonds. The molecule has 25 heavy (non-hydrogen) atoms. The number of piperidine rings is 1. The van der Waals surface area contributed by atoms with Gasteiger partial charge in [0.25, 0.3) is 0 Å². The first-order valence-corrected chi connectivity index (χ1v) is 9.10. The lowest BCUT2D eigenvalue weighted by atomic mass is 9.93. The molecule has 5 rings (SSSR count). The Labute approximate surface area is 148 Å². The topological polar surface area (TPSA) is 49.6 Å². The van der Waals surface area contributed by atoms with Gasteiger partial charge in [0.05, 0.1) is 11.6 Å². The summed E-state index contributed by atoms with van der Waals surface area (Å²) in [6, 6.07) is 10.6. The van der Waals surface area contributed by atoms with Gasteiger partial charge in [-0.05, 0) is 32.3 Å². The molecular weight excluding hydrogens is 314 g/mol. The molecule has 5 heteroatoms. The van der Waals surface area contributed by atoms with E-state index >= 15 is 0 Å². The summed E-state index contributed by atoms with van der Waals surface area (Å²) in [6.45, 7) is 7.27. The predicted octanol–water partition coefficient (Wildman–Crippen LogP) is 2.91. The van der Waals surface area contributed by atoms with Crippen molar-refractivity contribution in [2.24, 2.45) is 5.92 Å². The van der Waals surface area contributed by atoms with Crippen molar-refractivity contribution >= 4 is 5.91 Å². The standard InChI is InChI=1S/C20H25N3O2/c1-14-19(15(2)25-21-14)13-22-11-17-8-9-18(12-22)23(20(17)24)10-16-6-4-3-5-7-16/h3-7,17-18H,8-13H2,1-2H3/t17-,18+/m0/s1. The van der Waals surface area contributed by atoms with Crippen molar-refractivity contribution in [1.82, 2.24) is 15.0 Å². The fraction of sp³-hybridized carbons (Fsp3) is 0.500. The molecule has 1 aromatic carbocycles. The third kappa shape index (κ3) is 3.21. The minimum absolute atomic E-state index is 0.114. The van der Waals surface area contributed by atoms with E-state index in [1.165, 1.54) is 11.1 Å². The monoisotopic (exact) mass is 339 g/mol. The smallest absolute Gasteiger partial charge is 0.227 e. The average Bonchev–Trinajstić information content (AvgIpc) is 2.79. The highest BCUT2D eigenvalue weighted by Crippen LogP contribution is 2.31. The van der Waals surface area contributed by atoms with Crippen molar-refractivity contribution in [3.05, 3.63) is 52.9 Å². The maximum atomic E-state index is 13.0. The van der Waals surface area contributed by atoms with Crippen molar-refractivity contribution in [3.8, 4) is 0 Å². The number of aryl methyl sites for hydroxylation is 2. The molecule has 3 aliphatic heterocycles. The molecule has 2 aromatic rings. The van der Waals surface area contributed by atoms with Crippen LogP contribution in [0.15, 0.2) is 34.9 Å². The van der Waals surface area contributed by atoms with Crippen LogP contribution in [0, 0.1) is 19.8 Å². The third-order valence-electron chi connectivity index (χ3n) is 5.63. The van der Waals surface area contributed by atoms with Crippen LogP contribution in [0.2, 0.25) is 0 Å². The molecule has 1 aromatic heterocycles. The molecule has 2 atom stereocenters. The molecule has 0 spiro atoms. The van der Waals surface area contributed by atoms with Crippen LogP contribution in [-0.4, -0.2) is 40.0 Å².